The normalized spacial score (nSPS) is 12.7. The Labute approximate surface area is 107 Å². The van der Waals surface area contributed by atoms with E-state index in [1.165, 1.54) is 6.07 Å². The first-order valence-electron chi connectivity index (χ1n) is 5.93. The van der Waals surface area contributed by atoms with Crippen LogP contribution in [0, 0.1) is 5.82 Å². The van der Waals surface area contributed by atoms with E-state index in [0.717, 1.165) is 12.1 Å². The highest BCUT2D eigenvalue weighted by atomic mass is 35.5. The molecule has 4 heteroatoms. The highest BCUT2D eigenvalue weighted by molar-refractivity contribution is 6.31. The summed E-state index contributed by atoms with van der Waals surface area (Å²) in [6.45, 7) is 6.13. The maximum atomic E-state index is 13.3. The third-order valence-electron chi connectivity index (χ3n) is 2.51. The summed E-state index contributed by atoms with van der Waals surface area (Å²) in [5.74, 6) is -0.365. The monoisotopic (exact) mass is 259 g/mol. The second kappa shape index (κ2) is 7.64. The van der Waals surface area contributed by atoms with Crippen LogP contribution in [0.5, 0.6) is 0 Å². The number of likely N-dealkylation sites (N-methyl/N-ethyl adjacent to an activating group) is 1. The molecule has 2 nitrogen and oxygen atoms in total. The summed E-state index contributed by atoms with van der Waals surface area (Å²) in [5, 5.41) is 3.52. The third kappa shape index (κ3) is 4.62. The molecule has 0 aliphatic rings. The maximum Gasteiger partial charge on any atom is 0.142 e. The minimum Gasteiger partial charge on any atom is -0.380 e. The molecule has 0 spiro atoms. The fourth-order valence-electron chi connectivity index (χ4n) is 1.71. The SMILES string of the molecule is CCNC(COCC)Cc1cccc(F)c1Cl. The van der Waals surface area contributed by atoms with Gasteiger partial charge < -0.3 is 10.1 Å². The van der Waals surface area contributed by atoms with Gasteiger partial charge >= 0.3 is 0 Å². The van der Waals surface area contributed by atoms with E-state index in [4.69, 9.17) is 16.3 Å². The van der Waals surface area contributed by atoms with Crippen molar-refractivity contribution in [2.75, 3.05) is 19.8 Å². The summed E-state index contributed by atoms with van der Waals surface area (Å²) < 4.78 is 18.7. The van der Waals surface area contributed by atoms with E-state index in [1.54, 1.807) is 6.07 Å². The first kappa shape index (κ1) is 14.4. The third-order valence-corrected chi connectivity index (χ3v) is 2.94. The van der Waals surface area contributed by atoms with Gasteiger partial charge in [0.2, 0.25) is 0 Å². The minimum atomic E-state index is -0.365. The lowest BCUT2D eigenvalue weighted by Gasteiger charge is -2.18. The molecule has 0 amide bonds. The van der Waals surface area contributed by atoms with Crippen molar-refractivity contribution in [3.63, 3.8) is 0 Å². The molecule has 0 aliphatic heterocycles. The first-order chi connectivity index (χ1) is 8.19. The molecule has 0 fully saturated rings. The fraction of sp³-hybridized carbons (Fsp3) is 0.538. The van der Waals surface area contributed by atoms with Crippen molar-refractivity contribution in [2.24, 2.45) is 0 Å². The van der Waals surface area contributed by atoms with Gasteiger partial charge in [-0.3, -0.25) is 0 Å². The van der Waals surface area contributed by atoms with E-state index in [2.05, 4.69) is 5.32 Å². The molecule has 1 unspecified atom stereocenters. The Hall–Kier alpha value is -0.640. The van der Waals surface area contributed by atoms with Crippen molar-refractivity contribution >= 4 is 11.6 Å². The number of nitrogens with one attached hydrogen (secondary N) is 1. The second-order valence-corrected chi connectivity index (χ2v) is 4.21. The van der Waals surface area contributed by atoms with E-state index in [1.807, 2.05) is 19.9 Å². The first-order valence-corrected chi connectivity index (χ1v) is 6.30. The second-order valence-electron chi connectivity index (χ2n) is 3.83. The van der Waals surface area contributed by atoms with Crippen LogP contribution in [0.3, 0.4) is 0 Å². The van der Waals surface area contributed by atoms with E-state index in [0.29, 0.717) is 19.6 Å². The van der Waals surface area contributed by atoms with Crippen molar-refractivity contribution in [3.05, 3.63) is 34.6 Å². The zero-order chi connectivity index (χ0) is 12.7. The van der Waals surface area contributed by atoms with Gasteiger partial charge in [0.25, 0.3) is 0 Å². The van der Waals surface area contributed by atoms with Crippen LogP contribution in [-0.4, -0.2) is 25.8 Å². The Kier molecular flexibility index (Phi) is 6.48. The van der Waals surface area contributed by atoms with Gasteiger partial charge in [-0.25, -0.2) is 4.39 Å². The Morgan fingerprint density at radius 1 is 1.41 bits per heavy atom. The molecular weight excluding hydrogens is 241 g/mol. The minimum absolute atomic E-state index is 0.166. The number of ether oxygens (including phenoxy) is 1. The summed E-state index contributed by atoms with van der Waals surface area (Å²) >= 11 is 5.93. The van der Waals surface area contributed by atoms with E-state index >= 15 is 0 Å². The molecule has 0 aromatic heterocycles. The molecule has 1 rings (SSSR count). The van der Waals surface area contributed by atoms with E-state index < -0.39 is 0 Å². The molecule has 0 saturated heterocycles. The van der Waals surface area contributed by atoms with Crippen molar-refractivity contribution in [1.29, 1.82) is 0 Å². The Balaban J connectivity index is 2.67. The molecule has 0 bridgehead atoms. The van der Waals surface area contributed by atoms with Gasteiger partial charge in [-0.05, 0) is 31.5 Å². The van der Waals surface area contributed by atoms with Crippen LogP contribution in [0.1, 0.15) is 19.4 Å². The topological polar surface area (TPSA) is 21.3 Å². The predicted octanol–water partition coefficient (Wildman–Crippen LogP) is 3.04. The number of rotatable bonds is 7. The van der Waals surface area contributed by atoms with Crippen molar-refractivity contribution in [1.82, 2.24) is 5.32 Å². The summed E-state index contributed by atoms with van der Waals surface area (Å²) in [5.41, 5.74) is 0.817. The Bertz CT molecular complexity index is 346. The summed E-state index contributed by atoms with van der Waals surface area (Å²) in [7, 11) is 0. The summed E-state index contributed by atoms with van der Waals surface area (Å²) in [4.78, 5) is 0. The van der Waals surface area contributed by atoms with Crippen molar-refractivity contribution < 1.29 is 9.13 Å². The lowest BCUT2D eigenvalue weighted by atomic mass is 10.1. The lowest BCUT2D eigenvalue weighted by Crippen LogP contribution is -2.35. The molecule has 17 heavy (non-hydrogen) atoms. The van der Waals surface area contributed by atoms with Crippen LogP contribution in [0.25, 0.3) is 0 Å². The highest BCUT2D eigenvalue weighted by Crippen LogP contribution is 2.20. The maximum absolute atomic E-state index is 13.3. The Morgan fingerprint density at radius 3 is 2.82 bits per heavy atom. The van der Waals surface area contributed by atoms with Gasteiger partial charge in [-0.1, -0.05) is 30.7 Å². The molecular formula is C13H19ClFNO. The zero-order valence-corrected chi connectivity index (χ0v) is 11.1. The van der Waals surface area contributed by atoms with Crippen LogP contribution >= 0.6 is 11.6 Å². The molecule has 1 aromatic rings. The van der Waals surface area contributed by atoms with Gasteiger partial charge in [0.1, 0.15) is 5.82 Å². The molecule has 0 aliphatic carbocycles. The molecule has 1 atom stereocenters. The average molecular weight is 260 g/mol. The summed E-state index contributed by atoms with van der Waals surface area (Å²) in [6.07, 6.45) is 0.671. The van der Waals surface area contributed by atoms with Crippen LogP contribution in [0.4, 0.5) is 4.39 Å². The zero-order valence-electron chi connectivity index (χ0n) is 10.3. The number of hydrogen-bond donors (Lipinski definition) is 1. The van der Waals surface area contributed by atoms with Gasteiger partial charge in [-0.2, -0.15) is 0 Å². The smallest absolute Gasteiger partial charge is 0.142 e. The van der Waals surface area contributed by atoms with Crippen LogP contribution < -0.4 is 5.32 Å². The predicted molar refractivity (Wildman–Crippen MR) is 69.1 cm³/mol. The molecule has 0 saturated carbocycles. The molecule has 0 radical (unpaired) electrons. The van der Waals surface area contributed by atoms with Gasteiger partial charge in [0.15, 0.2) is 0 Å². The quantitative estimate of drug-likeness (QED) is 0.813. The molecule has 96 valence electrons. The van der Waals surface area contributed by atoms with E-state index in [-0.39, 0.29) is 16.9 Å². The van der Waals surface area contributed by atoms with Gasteiger partial charge in [0, 0.05) is 12.6 Å². The van der Waals surface area contributed by atoms with Crippen LogP contribution in [0.15, 0.2) is 18.2 Å². The van der Waals surface area contributed by atoms with E-state index in [9.17, 15) is 4.39 Å². The standard InChI is InChI=1S/C13H19ClFNO/c1-3-16-11(9-17-4-2)8-10-6-5-7-12(15)13(10)14/h5-7,11,16H,3-4,8-9H2,1-2H3. The molecule has 0 heterocycles. The van der Waals surface area contributed by atoms with Crippen molar-refractivity contribution in [2.45, 2.75) is 26.3 Å². The number of halogens is 2. The summed E-state index contributed by atoms with van der Waals surface area (Å²) in [6, 6.07) is 5.07. The van der Waals surface area contributed by atoms with Crippen LogP contribution in [-0.2, 0) is 11.2 Å². The van der Waals surface area contributed by atoms with Gasteiger partial charge in [0.05, 0.1) is 11.6 Å². The fourth-order valence-corrected chi connectivity index (χ4v) is 1.91. The largest absolute Gasteiger partial charge is 0.380 e. The highest BCUT2D eigenvalue weighted by Gasteiger charge is 2.12. The average Bonchev–Trinajstić information content (AvgIpc) is 2.32. The number of hydrogen-bond acceptors (Lipinski definition) is 2. The van der Waals surface area contributed by atoms with Crippen molar-refractivity contribution in [3.8, 4) is 0 Å². The van der Waals surface area contributed by atoms with Crippen LogP contribution in [0.2, 0.25) is 5.02 Å². The number of benzene rings is 1. The lowest BCUT2D eigenvalue weighted by molar-refractivity contribution is 0.123. The Morgan fingerprint density at radius 2 is 2.18 bits per heavy atom. The molecule has 1 aromatic carbocycles. The molecule has 1 N–H and O–H groups in total. The van der Waals surface area contributed by atoms with Gasteiger partial charge in [-0.15, -0.1) is 0 Å².